The van der Waals surface area contributed by atoms with Crippen molar-refractivity contribution in [1.82, 2.24) is 10.2 Å². The van der Waals surface area contributed by atoms with Crippen LogP contribution in [0.4, 0.5) is 0 Å². The molecule has 1 amide bonds. The minimum atomic E-state index is -0.113. The molecule has 1 spiro atoms. The van der Waals surface area contributed by atoms with Crippen molar-refractivity contribution >= 4 is 5.91 Å². The molecule has 0 radical (unpaired) electrons. The highest BCUT2D eigenvalue weighted by Gasteiger charge is 2.59. The van der Waals surface area contributed by atoms with Crippen molar-refractivity contribution in [1.29, 1.82) is 0 Å². The monoisotopic (exact) mass is 194 g/mol. The van der Waals surface area contributed by atoms with Gasteiger partial charge in [-0.2, -0.15) is 0 Å². The zero-order valence-electron chi connectivity index (χ0n) is 8.92. The molecule has 3 fully saturated rings. The number of amides is 1. The first-order chi connectivity index (χ1) is 6.62. The number of nitrogens with one attached hydrogen (secondary N) is 1. The van der Waals surface area contributed by atoms with Crippen molar-refractivity contribution in [2.24, 2.45) is 5.92 Å². The molecule has 1 heterocycles. The topological polar surface area (TPSA) is 32.3 Å². The molecule has 3 heteroatoms. The van der Waals surface area contributed by atoms with E-state index in [-0.39, 0.29) is 11.7 Å². The largest absolute Gasteiger partial charge is 0.323 e. The lowest BCUT2D eigenvalue weighted by atomic mass is 9.80. The molecule has 1 atom stereocenters. The molecule has 0 aromatic rings. The van der Waals surface area contributed by atoms with Crippen LogP contribution in [-0.4, -0.2) is 28.6 Å². The maximum atomic E-state index is 12.1. The van der Waals surface area contributed by atoms with Crippen molar-refractivity contribution in [3.63, 3.8) is 0 Å². The molecule has 2 aliphatic carbocycles. The average Bonchev–Trinajstić information content (AvgIpc) is 2.78. The maximum Gasteiger partial charge on any atom is 0.244 e. The quantitative estimate of drug-likeness (QED) is 0.678. The van der Waals surface area contributed by atoms with Gasteiger partial charge in [0.2, 0.25) is 5.91 Å². The van der Waals surface area contributed by atoms with Crippen molar-refractivity contribution in [3.05, 3.63) is 0 Å². The first-order valence-electron chi connectivity index (χ1n) is 5.73. The van der Waals surface area contributed by atoms with Crippen LogP contribution in [-0.2, 0) is 4.79 Å². The lowest BCUT2D eigenvalue weighted by Crippen LogP contribution is -2.49. The molecule has 78 valence electrons. The highest BCUT2D eigenvalue weighted by molar-refractivity contribution is 5.92. The number of hydrogen-bond donors (Lipinski definition) is 1. The molecular formula is C11H18N2O. The lowest BCUT2D eigenvalue weighted by molar-refractivity contribution is -0.135. The van der Waals surface area contributed by atoms with Gasteiger partial charge in [-0.3, -0.25) is 10.1 Å². The Hall–Kier alpha value is -0.570. The van der Waals surface area contributed by atoms with E-state index in [0.717, 1.165) is 18.8 Å². The maximum absolute atomic E-state index is 12.1. The van der Waals surface area contributed by atoms with Gasteiger partial charge in [0.25, 0.3) is 0 Å². The van der Waals surface area contributed by atoms with Crippen LogP contribution < -0.4 is 5.32 Å². The van der Waals surface area contributed by atoms with Gasteiger partial charge in [-0.25, -0.2) is 0 Å². The van der Waals surface area contributed by atoms with Crippen LogP contribution in [0.5, 0.6) is 0 Å². The Morgan fingerprint density at radius 1 is 1.36 bits per heavy atom. The second-order valence-electron chi connectivity index (χ2n) is 5.35. The van der Waals surface area contributed by atoms with Crippen LogP contribution in [0.3, 0.4) is 0 Å². The van der Waals surface area contributed by atoms with E-state index < -0.39 is 0 Å². The second kappa shape index (κ2) is 2.51. The zero-order valence-corrected chi connectivity index (χ0v) is 8.92. The standard InChI is InChI=1S/C11H18N2O/c1-7-5-9(6-7)13-8(2)12-11(3-4-11)10(13)14/h7-9,12H,3-6H2,1-2H3. The molecule has 14 heavy (non-hydrogen) atoms. The van der Waals surface area contributed by atoms with Crippen molar-refractivity contribution < 1.29 is 4.79 Å². The lowest BCUT2D eigenvalue weighted by Gasteiger charge is -2.41. The molecular weight excluding hydrogens is 176 g/mol. The van der Waals surface area contributed by atoms with Gasteiger partial charge in [-0.05, 0) is 38.5 Å². The Bertz CT molecular complexity index is 279. The summed E-state index contributed by atoms with van der Waals surface area (Å²) < 4.78 is 0. The molecule has 1 aliphatic heterocycles. The fraction of sp³-hybridized carbons (Fsp3) is 0.909. The van der Waals surface area contributed by atoms with Crippen molar-refractivity contribution in [3.8, 4) is 0 Å². The molecule has 3 rings (SSSR count). The van der Waals surface area contributed by atoms with E-state index in [2.05, 4.69) is 24.1 Å². The minimum Gasteiger partial charge on any atom is -0.323 e. The van der Waals surface area contributed by atoms with Crippen LogP contribution in [0.25, 0.3) is 0 Å². The Kier molecular flexibility index (Phi) is 1.56. The van der Waals surface area contributed by atoms with E-state index in [9.17, 15) is 4.79 Å². The molecule has 1 saturated heterocycles. The Morgan fingerprint density at radius 3 is 2.43 bits per heavy atom. The van der Waals surface area contributed by atoms with Crippen molar-refractivity contribution in [2.75, 3.05) is 0 Å². The Labute approximate surface area is 84.8 Å². The van der Waals surface area contributed by atoms with Gasteiger partial charge in [-0.15, -0.1) is 0 Å². The fourth-order valence-corrected chi connectivity index (χ4v) is 3.01. The molecule has 0 aromatic heterocycles. The Morgan fingerprint density at radius 2 is 2.00 bits per heavy atom. The smallest absolute Gasteiger partial charge is 0.244 e. The fourth-order valence-electron chi connectivity index (χ4n) is 3.01. The average molecular weight is 194 g/mol. The van der Waals surface area contributed by atoms with Crippen molar-refractivity contribution in [2.45, 2.75) is 57.3 Å². The number of carbonyl (C=O) groups is 1. The van der Waals surface area contributed by atoms with Crippen LogP contribution >= 0.6 is 0 Å². The summed E-state index contributed by atoms with van der Waals surface area (Å²) in [6.45, 7) is 4.38. The van der Waals surface area contributed by atoms with Gasteiger partial charge in [0, 0.05) is 6.04 Å². The summed E-state index contributed by atoms with van der Waals surface area (Å²) in [7, 11) is 0. The zero-order chi connectivity index (χ0) is 9.92. The van der Waals surface area contributed by atoms with Crippen LogP contribution in [0, 0.1) is 5.92 Å². The third kappa shape index (κ3) is 0.991. The van der Waals surface area contributed by atoms with Crippen LogP contribution in [0.2, 0.25) is 0 Å². The summed E-state index contributed by atoms with van der Waals surface area (Å²) >= 11 is 0. The van der Waals surface area contributed by atoms with Gasteiger partial charge >= 0.3 is 0 Å². The summed E-state index contributed by atoms with van der Waals surface area (Å²) in [5.41, 5.74) is -0.113. The molecule has 2 saturated carbocycles. The Balaban J connectivity index is 1.76. The summed E-state index contributed by atoms with van der Waals surface area (Å²) in [4.78, 5) is 14.2. The van der Waals surface area contributed by atoms with E-state index in [4.69, 9.17) is 0 Å². The molecule has 3 nitrogen and oxygen atoms in total. The molecule has 0 aromatic carbocycles. The number of hydrogen-bond acceptors (Lipinski definition) is 2. The van der Waals surface area contributed by atoms with Gasteiger partial charge in [0.05, 0.1) is 11.7 Å². The summed E-state index contributed by atoms with van der Waals surface area (Å²) in [6, 6.07) is 0.528. The van der Waals surface area contributed by atoms with E-state index in [1.54, 1.807) is 0 Å². The van der Waals surface area contributed by atoms with E-state index in [1.165, 1.54) is 12.8 Å². The summed E-state index contributed by atoms with van der Waals surface area (Å²) in [5, 5.41) is 3.44. The number of carbonyl (C=O) groups excluding carboxylic acids is 1. The molecule has 1 N–H and O–H groups in total. The molecule has 0 bridgehead atoms. The first-order valence-corrected chi connectivity index (χ1v) is 5.73. The van der Waals surface area contributed by atoms with Crippen LogP contribution in [0.15, 0.2) is 0 Å². The van der Waals surface area contributed by atoms with Gasteiger partial charge < -0.3 is 4.90 Å². The second-order valence-corrected chi connectivity index (χ2v) is 5.35. The van der Waals surface area contributed by atoms with Gasteiger partial charge in [0.1, 0.15) is 0 Å². The first kappa shape index (κ1) is 8.72. The molecule has 1 unspecified atom stereocenters. The van der Waals surface area contributed by atoms with E-state index in [0.29, 0.717) is 11.9 Å². The minimum absolute atomic E-state index is 0.113. The van der Waals surface area contributed by atoms with Gasteiger partial charge in [-0.1, -0.05) is 6.92 Å². The highest BCUT2D eigenvalue weighted by Crippen LogP contribution is 2.45. The summed E-state index contributed by atoms with van der Waals surface area (Å²) in [5.74, 6) is 1.19. The molecule has 3 aliphatic rings. The predicted molar refractivity (Wildman–Crippen MR) is 53.6 cm³/mol. The normalized spacial score (nSPS) is 44.3. The van der Waals surface area contributed by atoms with Crippen LogP contribution in [0.1, 0.15) is 39.5 Å². The summed E-state index contributed by atoms with van der Waals surface area (Å²) in [6.07, 6.45) is 4.77. The third-order valence-corrected chi connectivity index (χ3v) is 4.04. The SMILES string of the molecule is CC1CC(N2C(=O)C3(CC3)NC2C)C1. The van der Waals surface area contributed by atoms with E-state index in [1.807, 2.05) is 0 Å². The van der Waals surface area contributed by atoms with E-state index >= 15 is 0 Å². The third-order valence-electron chi connectivity index (χ3n) is 4.04. The highest BCUT2D eigenvalue weighted by atomic mass is 16.2. The number of rotatable bonds is 1. The predicted octanol–water partition coefficient (Wildman–Crippen LogP) is 1.10. The van der Waals surface area contributed by atoms with Gasteiger partial charge in [0.15, 0.2) is 0 Å². The number of nitrogens with zero attached hydrogens (tertiary/aromatic N) is 1.